The molecule has 2 N–H and O–H groups in total. The Kier molecular flexibility index (Phi) is 5.04. The maximum absolute atomic E-state index is 5.39. The Hall–Kier alpha value is -2.80. The normalized spacial score (nSPS) is 12.3. The summed E-state index contributed by atoms with van der Waals surface area (Å²) >= 11 is 5.28. The summed E-state index contributed by atoms with van der Waals surface area (Å²) in [6, 6.07) is 9.66. The monoisotopic (exact) mass is 357 g/mol. The molecule has 0 atom stereocenters. The molecule has 1 aliphatic rings. The van der Waals surface area contributed by atoms with E-state index in [0.717, 1.165) is 16.8 Å². The van der Waals surface area contributed by atoms with E-state index in [4.69, 9.17) is 26.4 Å². The molecule has 0 saturated carbocycles. The quantitative estimate of drug-likeness (QED) is 0.497. The second kappa shape index (κ2) is 7.40. The zero-order valence-electron chi connectivity index (χ0n) is 14.3. The minimum atomic E-state index is 0.189. The van der Waals surface area contributed by atoms with E-state index < -0.39 is 0 Å². The van der Waals surface area contributed by atoms with Gasteiger partial charge in [-0.3, -0.25) is 5.43 Å². The Bertz CT molecular complexity index is 837. The molecule has 2 aromatic rings. The Labute approximate surface area is 151 Å². The highest BCUT2D eigenvalue weighted by Crippen LogP contribution is 2.41. The number of anilines is 1. The van der Waals surface area contributed by atoms with Gasteiger partial charge in [-0.25, -0.2) is 0 Å². The third-order valence-corrected chi connectivity index (χ3v) is 4.11. The summed E-state index contributed by atoms with van der Waals surface area (Å²) < 4.78 is 16.1. The Balaban J connectivity index is 1.65. The molecule has 7 heteroatoms. The number of thiocarbonyl (C=S) groups is 1. The molecule has 0 unspecified atom stereocenters. The van der Waals surface area contributed by atoms with Gasteiger partial charge in [0.05, 0.1) is 13.3 Å². The smallest absolute Gasteiger partial charge is 0.231 e. The molecule has 25 heavy (non-hydrogen) atoms. The average molecular weight is 357 g/mol. The fourth-order valence-electron chi connectivity index (χ4n) is 2.43. The van der Waals surface area contributed by atoms with Gasteiger partial charge in [0.2, 0.25) is 12.5 Å². The van der Waals surface area contributed by atoms with Crippen LogP contribution < -0.4 is 25.0 Å². The van der Waals surface area contributed by atoms with Gasteiger partial charge in [-0.2, -0.15) is 5.10 Å². The number of fused-ring (bicyclic) bond motifs is 1. The molecule has 0 bridgehead atoms. The van der Waals surface area contributed by atoms with Crippen molar-refractivity contribution < 1.29 is 14.2 Å². The van der Waals surface area contributed by atoms with Crippen molar-refractivity contribution in [3.63, 3.8) is 0 Å². The van der Waals surface area contributed by atoms with Gasteiger partial charge in [0.1, 0.15) is 0 Å². The number of nitrogens with one attached hydrogen (secondary N) is 2. The topological polar surface area (TPSA) is 64.1 Å². The Morgan fingerprint density at radius 2 is 2.12 bits per heavy atom. The first-order chi connectivity index (χ1) is 12.1. The molecule has 6 nitrogen and oxygen atoms in total. The maximum atomic E-state index is 5.39. The van der Waals surface area contributed by atoms with Crippen LogP contribution in [-0.2, 0) is 0 Å². The summed E-state index contributed by atoms with van der Waals surface area (Å²) in [5.41, 5.74) is 6.92. The zero-order chi connectivity index (χ0) is 17.8. The highest BCUT2D eigenvalue weighted by molar-refractivity contribution is 7.80. The van der Waals surface area contributed by atoms with Crippen molar-refractivity contribution in [1.82, 2.24) is 5.43 Å². The van der Waals surface area contributed by atoms with Crippen LogP contribution in [0.3, 0.4) is 0 Å². The Morgan fingerprint density at radius 3 is 2.92 bits per heavy atom. The predicted octanol–water partition coefficient (Wildman–Crippen LogP) is 3.36. The van der Waals surface area contributed by atoms with Crippen molar-refractivity contribution in [2.24, 2.45) is 5.10 Å². The lowest BCUT2D eigenvalue weighted by atomic mass is 10.1. The highest BCUT2D eigenvalue weighted by atomic mass is 32.1. The maximum Gasteiger partial charge on any atom is 0.231 e. The molecule has 0 aromatic heterocycles. The van der Waals surface area contributed by atoms with Crippen molar-refractivity contribution in [2.75, 3.05) is 19.2 Å². The minimum Gasteiger partial charge on any atom is -0.493 e. The zero-order valence-corrected chi connectivity index (χ0v) is 15.1. The van der Waals surface area contributed by atoms with Crippen LogP contribution in [-0.4, -0.2) is 25.2 Å². The van der Waals surface area contributed by atoms with E-state index in [1.807, 2.05) is 31.2 Å². The first kappa shape index (κ1) is 17.0. The van der Waals surface area contributed by atoms with E-state index in [-0.39, 0.29) is 6.79 Å². The SMILES string of the molecule is COc1cc(/C=N\NC(=S)Nc2cccc(C)c2C)cc2c1OCO2. The van der Waals surface area contributed by atoms with Crippen molar-refractivity contribution in [1.29, 1.82) is 0 Å². The average Bonchev–Trinajstić information content (AvgIpc) is 3.07. The fraction of sp³-hybridized carbons (Fsp3) is 0.222. The van der Waals surface area contributed by atoms with E-state index in [1.54, 1.807) is 13.3 Å². The molecule has 0 aliphatic carbocycles. The molecular weight excluding hydrogens is 338 g/mol. The second-order valence-corrected chi connectivity index (χ2v) is 5.94. The number of nitrogens with zero attached hydrogens (tertiary/aromatic N) is 1. The van der Waals surface area contributed by atoms with Crippen molar-refractivity contribution >= 4 is 29.2 Å². The van der Waals surface area contributed by atoms with Crippen LogP contribution in [0.1, 0.15) is 16.7 Å². The van der Waals surface area contributed by atoms with Crippen LogP contribution in [0, 0.1) is 13.8 Å². The third kappa shape index (κ3) is 3.83. The minimum absolute atomic E-state index is 0.189. The van der Waals surface area contributed by atoms with Gasteiger partial charge in [0.25, 0.3) is 0 Å². The van der Waals surface area contributed by atoms with Gasteiger partial charge < -0.3 is 19.5 Å². The van der Waals surface area contributed by atoms with E-state index in [9.17, 15) is 0 Å². The number of rotatable bonds is 4. The summed E-state index contributed by atoms with van der Waals surface area (Å²) in [5, 5.41) is 7.71. The van der Waals surface area contributed by atoms with Crippen LogP contribution in [0.15, 0.2) is 35.4 Å². The van der Waals surface area contributed by atoms with Crippen molar-refractivity contribution in [2.45, 2.75) is 13.8 Å². The molecule has 0 amide bonds. The van der Waals surface area contributed by atoms with Gasteiger partial charge in [0.15, 0.2) is 16.6 Å². The van der Waals surface area contributed by atoms with Crippen LogP contribution in [0.2, 0.25) is 0 Å². The fourth-order valence-corrected chi connectivity index (χ4v) is 2.59. The van der Waals surface area contributed by atoms with E-state index in [2.05, 4.69) is 28.8 Å². The van der Waals surface area contributed by atoms with Crippen LogP contribution in [0.4, 0.5) is 5.69 Å². The van der Waals surface area contributed by atoms with Crippen LogP contribution in [0.25, 0.3) is 0 Å². The number of hydrogen-bond acceptors (Lipinski definition) is 5. The molecule has 130 valence electrons. The van der Waals surface area contributed by atoms with Crippen molar-refractivity contribution in [3.05, 3.63) is 47.0 Å². The number of benzene rings is 2. The number of hydrazone groups is 1. The predicted molar refractivity (Wildman–Crippen MR) is 102 cm³/mol. The van der Waals surface area contributed by atoms with Gasteiger partial charge in [-0.15, -0.1) is 0 Å². The number of hydrogen-bond donors (Lipinski definition) is 2. The second-order valence-electron chi connectivity index (χ2n) is 5.53. The molecular formula is C18H19N3O3S. The van der Waals surface area contributed by atoms with Crippen LogP contribution >= 0.6 is 12.2 Å². The molecule has 0 spiro atoms. The summed E-state index contributed by atoms with van der Waals surface area (Å²) in [6.07, 6.45) is 1.64. The summed E-state index contributed by atoms with van der Waals surface area (Å²) in [6.45, 7) is 4.29. The first-order valence-corrected chi connectivity index (χ1v) is 8.13. The standard InChI is InChI=1S/C18H19N3O3S/c1-11-5-4-6-14(12(11)2)20-18(25)21-19-9-13-7-15(22-3)17-16(8-13)23-10-24-17/h4-9H,10H2,1-3H3,(H2,20,21,25)/b19-9-. The molecule has 1 aliphatic heterocycles. The lowest BCUT2D eigenvalue weighted by Gasteiger charge is -2.11. The summed E-state index contributed by atoms with van der Waals surface area (Å²) in [5.74, 6) is 1.85. The van der Waals surface area contributed by atoms with E-state index >= 15 is 0 Å². The van der Waals surface area contributed by atoms with Crippen LogP contribution in [0.5, 0.6) is 17.2 Å². The lowest BCUT2D eigenvalue weighted by Crippen LogP contribution is -2.24. The molecule has 2 aromatic carbocycles. The molecule has 0 radical (unpaired) electrons. The van der Waals surface area contributed by atoms with E-state index in [0.29, 0.717) is 22.4 Å². The number of methoxy groups -OCH3 is 1. The summed E-state index contributed by atoms with van der Waals surface area (Å²) in [4.78, 5) is 0. The summed E-state index contributed by atoms with van der Waals surface area (Å²) in [7, 11) is 1.58. The molecule has 0 fully saturated rings. The van der Waals surface area contributed by atoms with Crippen molar-refractivity contribution in [3.8, 4) is 17.2 Å². The highest BCUT2D eigenvalue weighted by Gasteiger charge is 2.19. The Morgan fingerprint density at radius 1 is 1.28 bits per heavy atom. The third-order valence-electron chi connectivity index (χ3n) is 3.91. The van der Waals surface area contributed by atoms with E-state index in [1.165, 1.54) is 5.56 Å². The molecule has 0 saturated heterocycles. The molecule has 3 rings (SSSR count). The van der Waals surface area contributed by atoms with Gasteiger partial charge in [-0.05, 0) is 55.4 Å². The largest absolute Gasteiger partial charge is 0.493 e. The number of ether oxygens (including phenoxy) is 3. The molecule has 1 heterocycles. The van der Waals surface area contributed by atoms with Gasteiger partial charge >= 0.3 is 0 Å². The lowest BCUT2D eigenvalue weighted by molar-refractivity contribution is 0.171. The van der Waals surface area contributed by atoms with Gasteiger partial charge in [0, 0.05) is 11.3 Å². The first-order valence-electron chi connectivity index (χ1n) is 7.72. The number of aryl methyl sites for hydroxylation is 1. The van der Waals surface area contributed by atoms with Gasteiger partial charge in [-0.1, -0.05) is 12.1 Å².